The number of benzene rings is 1. The van der Waals surface area contributed by atoms with Crippen LogP contribution in [-0.4, -0.2) is 19.1 Å². The van der Waals surface area contributed by atoms with Crippen molar-refractivity contribution < 1.29 is 9.53 Å². The van der Waals surface area contributed by atoms with E-state index in [4.69, 9.17) is 10.5 Å². The van der Waals surface area contributed by atoms with Crippen LogP contribution in [0.3, 0.4) is 0 Å². The smallest absolute Gasteiger partial charge is 0.257 e. The lowest BCUT2D eigenvalue weighted by Gasteiger charge is -2.28. The van der Waals surface area contributed by atoms with E-state index in [1.54, 1.807) is 12.1 Å². The molecule has 1 fully saturated rings. The number of nitrogens with one attached hydrogen (secondary N) is 1. The molecule has 1 aromatic rings. The first kappa shape index (κ1) is 15.7. The first-order valence-corrected chi connectivity index (χ1v) is 7.91. The van der Waals surface area contributed by atoms with Crippen LogP contribution < -0.4 is 15.8 Å². The fourth-order valence-electron chi connectivity index (χ4n) is 3.20. The Morgan fingerprint density at radius 3 is 2.67 bits per heavy atom. The van der Waals surface area contributed by atoms with Crippen molar-refractivity contribution in [3.8, 4) is 5.75 Å². The molecule has 0 aromatic heterocycles. The van der Waals surface area contributed by atoms with Crippen LogP contribution in [-0.2, 0) is 0 Å². The minimum absolute atomic E-state index is 0.128. The molecule has 0 unspecified atom stereocenters. The number of carbonyl (C=O) groups is 1. The van der Waals surface area contributed by atoms with Crippen LogP contribution in [0.4, 0.5) is 5.69 Å². The molecule has 0 atom stereocenters. The Kier molecular flexibility index (Phi) is 5.10. The second-order valence-corrected chi connectivity index (χ2v) is 5.90. The summed E-state index contributed by atoms with van der Waals surface area (Å²) < 4.78 is 5.52. The van der Waals surface area contributed by atoms with Crippen LogP contribution >= 0.6 is 0 Å². The van der Waals surface area contributed by atoms with Gasteiger partial charge in [-0.15, -0.1) is 0 Å². The highest BCUT2D eigenvalue weighted by atomic mass is 16.5. The maximum Gasteiger partial charge on any atom is 0.257 e. The molecule has 21 heavy (non-hydrogen) atoms. The molecule has 0 bridgehead atoms. The predicted octanol–water partition coefficient (Wildman–Crippen LogP) is 3.37. The van der Waals surface area contributed by atoms with Crippen LogP contribution in [0.15, 0.2) is 18.2 Å². The predicted molar refractivity (Wildman–Crippen MR) is 85.5 cm³/mol. The van der Waals surface area contributed by atoms with Gasteiger partial charge in [-0.3, -0.25) is 4.79 Å². The van der Waals surface area contributed by atoms with Crippen LogP contribution in [0.25, 0.3) is 0 Å². The highest BCUT2D eigenvalue weighted by Gasteiger charge is 2.32. The number of hydrogen-bond donors (Lipinski definition) is 2. The van der Waals surface area contributed by atoms with E-state index in [-0.39, 0.29) is 11.3 Å². The van der Waals surface area contributed by atoms with E-state index >= 15 is 0 Å². The summed E-state index contributed by atoms with van der Waals surface area (Å²) in [5.74, 6) is 0.434. The van der Waals surface area contributed by atoms with Crippen LogP contribution in [0.2, 0.25) is 0 Å². The van der Waals surface area contributed by atoms with E-state index in [0.717, 1.165) is 13.0 Å². The molecule has 1 aliphatic carbocycles. The van der Waals surface area contributed by atoms with Crippen LogP contribution in [0, 0.1) is 5.41 Å². The van der Waals surface area contributed by atoms with Gasteiger partial charge >= 0.3 is 0 Å². The van der Waals surface area contributed by atoms with E-state index in [9.17, 15) is 4.79 Å². The summed E-state index contributed by atoms with van der Waals surface area (Å²) in [6, 6.07) is 5.34. The van der Waals surface area contributed by atoms with Crippen molar-refractivity contribution >= 4 is 11.6 Å². The third-order valence-electron chi connectivity index (χ3n) is 4.62. The van der Waals surface area contributed by atoms with Gasteiger partial charge in [0, 0.05) is 12.2 Å². The zero-order valence-corrected chi connectivity index (χ0v) is 13.1. The number of amides is 1. The Labute approximate surface area is 127 Å². The summed E-state index contributed by atoms with van der Waals surface area (Å²) >= 11 is 0. The number of nitrogens with two attached hydrogens (primary N) is 1. The number of nitrogen functional groups attached to an aromatic ring is 1. The van der Waals surface area contributed by atoms with Crippen molar-refractivity contribution in [2.24, 2.45) is 5.41 Å². The monoisotopic (exact) mass is 290 g/mol. The molecule has 1 amide bonds. The lowest BCUT2D eigenvalue weighted by atomic mass is 9.83. The van der Waals surface area contributed by atoms with Crippen molar-refractivity contribution in [2.45, 2.75) is 46.0 Å². The summed E-state index contributed by atoms with van der Waals surface area (Å²) in [7, 11) is 0. The zero-order chi connectivity index (χ0) is 15.3. The number of hydrogen-bond acceptors (Lipinski definition) is 3. The Hall–Kier alpha value is -1.71. The minimum atomic E-state index is -0.128. The highest BCUT2D eigenvalue weighted by molar-refractivity contribution is 6.01. The van der Waals surface area contributed by atoms with Crippen LogP contribution in [0.5, 0.6) is 5.75 Å². The summed E-state index contributed by atoms with van der Waals surface area (Å²) in [6.07, 6.45) is 6.04. The van der Waals surface area contributed by atoms with Gasteiger partial charge in [0.1, 0.15) is 11.3 Å². The maximum absolute atomic E-state index is 12.5. The molecule has 1 aromatic carbocycles. The van der Waals surface area contributed by atoms with Gasteiger partial charge in [0.25, 0.3) is 5.91 Å². The average Bonchev–Trinajstić information content (AvgIpc) is 2.95. The molecule has 0 radical (unpaired) electrons. The Morgan fingerprint density at radius 2 is 2.05 bits per heavy atom. The molecular weight excluding hydrogens is 264 g/mol. The van der Waals surface area contributed by atoms with Gasteiger partial charge in [-0.05, 0) is 43.7 Å². The van der Waals surface area contributed by atoms with Crippen molar-refractivity contribution in [3.05, 3.63) is 23.8 Å². The van der Waals surface area contributed by atoms with E-state index < -0.39 is 0 Å². The second kappa shape index (κ2) is 6.83. The highest BCUT2D eigenvalue weighted by Crippen LogP contribution is 2.40. The van der Waals surface area contributed by atoms with E-state index in [1.165, 1.54) is 25.7 Å². The quantitative estimate of drug-likeness (QED) is 0.789. The molecule has 2 rings (SSSR count). The van der Waals surface area contributed by atoms with Gasteiger partial charge < -0.3 is 15.8 Å². The van der Waals surface area contributed by atoms with E-state index in [1.807, 2.05) is 13.0 Å². The van der Waals surface area contributed by atoms with Crippen LogP contribution in [0.1, 0.15) is 56.3 Å². The molecule has 0 spiro atoms. The van der Waals surface area contributed by atoms with Gasteiger partial charge in [-0.25, -0.2) is 0 Å². The number of rotatable bonds is 6. The average molecular weight is 290 g/mol. The fraction of sp³-hybridized carbons (Fsp3) is 0.588. The molecule has 4 heteroatoms. The van der Waals surface area contributed by atoms with Gasteiger partial charge in [0.15, 0.2) is 0 Å². The molecule has 1 saturated carbocycles. The summed E-state index contributed by atoms with van der Waals surface area (Å²) in [5, 5.41) is 3.07. The summed E-state index contributed by atoms with van der Waals surface area (Å²) in [6.45, 7) is 5.35. The van der Waals surface area contributed by atoms with Crippen molar-refractivity contribution in [2.75, 3.05) is 18.9 Å². The molecule has 0 heterocycles. The Balaban J connectivity index is 2.10. The number of carbonyl (C=O) groups excluding carboxylic acids is 1. The lowest BCUT2D eigenvalue weighted by molar-refractivity contribution is 0.0926. The van der Waals surface area contributed by atoms with Gasteiger partial charge in [-0.1, -0.05) is 25.8 Å². The number of anilines is 1. The molecule has 1 aliphatic rings. The van der Waals surface area contributed by atoms with Crippen molar-refractivity contribution in [3.63, 3.8) is 0 Å². The molecule has 0 saturated heterocycles. The standard InChI is InChI=1S/C17H26N2O2/c1-3-17(10-5-6-11-17)12-19-16(20)15-13(18)8-7-9-14(15)21-4-2/h7-9H,3-6,10-12,18H2,1-2H3,(H,19,20). The second-order valence-electron chi connectivity index (χ2n) is 5.90. The van der Waals surface area contributed by atoms with Gasteiger partial charge in [-0.2, -0.15) is 0 Å². The first-order valence-electron chi connectivity index (χ1n) is 7.91. The molecule has 4 nitrogen and oxygen atoms in total. The van der Waals surface area contributed by atoms with E-state index in [0.29, 0.717) is 23.6 Å². The summed E-state index contributed by atoms with van der Waals surface area (Å²) in [4.78, 5) is 12.5. The fourth-order valence-corrected chi connectivity index (χ4v) is 3.20. The van der Waals surface area contributed by atoms with E-state index in [2.05, 4.69) is 12.2 Å². The Morgan fingerprint density at radius 1 is 1.33 bits per heavy atom. The zero-order valence-electron chi connectivity index (χ0n) is 13.1. The van der Waals surface area contributed by atoms with Gasteiger partial charge in [0.2, 0.25) is 0 Å². The summed E-state index contributed by atoms with van der Waals surface area (Å²) in [5.41, 5.74) is 7.16. The van der Waals surface area contributed by atoms with Crippen molar-refractivity contribution in [1.29, 1.82) is 0 Å². The third-order valence-corrected chi connectivity index (χ3v) is 4.62. The molecule has 3 N–H and O–H groups in total. The van der Waals surface area contributed by atoms with Crippen molar-refractivity contribution in [1.82, 2.24) is 5.32 Å². The largest absolute Gasteiger partial charge is 0.493 e. The Bertz CT molecular complexity index is 494. The molecule has 0 aliphatic heterocycles. The number of ether oxygens (including phenoxy) is 1. The molecular formula is C17H26N2O2. The molecule has 116 valence electrons. The van der Waals surface area contributed by atoms with Gasteiger partial charge in [0.05, 0.1) is 6.61 Å². The minimum Gasteiger partial charge on any atom is -0.493 e. The SMILES string of the molecule is CCOc1cccc(N)c1C(=O)NCC1(CC)CCCC1. The topological polar surface area (TPSA) is 64.3 Å². The first-order chi connectivity index (χ1) is 10.1. The normalized spacial score (nSPS) is 16.7. The lowest BCUT2D eigenvalue weighted by Crippen LogP contribution is -2.36. The third kappa shape index (κ3) is 3.49. The maximum atomic E-state index is 12.5.